The first-order valence-corrected chi connectivity index (χ1v) is 10.8. The molecule has 0 unspecified atom stereocenters. The van der Waals surface area contributed by atoms with E-state index in [0.717, 1.165) is 20.3 Å². The molecule has 1 heterocycles. The third kappa shape index (κ3) is 3.32. The highest BCUT2D eigenvalue weighted by Gasteiger charge is 2.31. The number of carbonyl (C=O) groups is 1. The summed E-state index contributed by atoms with van der Waals surface area (Å²) in [6, 6.07) is 7.10. The number of nitrogens with two attached hydrogens (primary N) is 1. The van der Waals surface area contributed by atoms with E-state index in [2.05, 4.69) is 0 Å². The molecular weight excluding hydrogens is 455 g/mol. The van der Waals surface area contributed by atoms with E-state index in [0.29, 0.717) is 35.7 Å². The van der Waals surface area contributed by atoms with Crippen molar-refractivity contribution >= 4 is 42.0 Å². The number of nitrogen functional groups attached to an aromatic ring is 1. The lowest BCUT2D eigenvalue weighted by Gasteiger charge is -2.21. The minimum atomic E-state index is -0.213. The number of aromatic hydroxyl groups is 1. The lowest BCUT2D eigenvalue weighted by Crippen LogP contribution is -2.26. The van der Waals surface area contributed by atoms with Crippen molar-refractivity contribution in [1.82, 2.24) is 4.90 Å². The van der Waals surface area contributed by atoms with Gasteiger partial charge in [0, 0.05) is 51.6 Å². The van der Waals surface area contributed by atoms with Crippen LogP contribution in [0.15, 0.2) is 24.3 Å². The molecule has 0 atom stereocenters. The van der Waals surface area contributed by atoms with E-state index in [4.69, 9.17) is 14.7 Å². The van der Waals surface area contributed by atoms with Gasteiger partial charge in [0.05, 0.1) is 7.11 Å². The van der Waals surface area contributed by atoms with E-state index in [1.165, 1.54) is 13.2 Å². The Morgan fingerprint density at radius 2 is 2.04 bits per heavy atom. The normalized spacial score (nSPS) is 12.8. The number of anilines is 1. The van der Waals surface area contributed by atoms with Gasteiger partial charge in [-0.25, -0.2) is 0 Å². The summed E-state index contributed by atoms with van der Waals surface area (Å²) in [5.41, 5.74) is 9.43. The molecule has 1 amide bonds. The fourth-order valence-corrected chi connectivity index (χ4v) is 3.77. The number of methoxy groups -OCH3 is 1. The van der Waals surface area contributed by atoms with Crippen LogP contribution in [-0.4, -0.2) is 23.0 Å². The molecule has 132 valence electrons. The quantitative estimate of drug-likeness (QED) is 0.400. The highest BCUT2D eigenvalue weighted by Crippen LogP contribution is 2.41. The number of ether oxygens (including phenoxy) is 1. The standard InChI is InChI=1S/C17H17IN2O4S/c1-9-13(21)6-14(24-25-18)15(16(9)23-2)17(22)20-7-10-3-4-12(19)5-11(10)8-20/h3-6,21H,7-8,19H2,1-2H3. The van der Waals surface area contributed by atoms with E-state index in [1.54, 1.807) is 11.8 Å². The number of fused-ring (bicyclic) bond motifs is 1. The van der Waals surface area contributed by atoms with E-state index in [-0.39, 0.29) is 17.4 Å². The number of halogens is 1. The summed E-state index contributed by atoms with van der Waals surface area (Å²) < 4.78 is 10.9. The Morgan fingerprint density at radius 3 is 2.72 bits per heavy atom. The zero-order valence-electron chi connectivity index (χ0n) is 13.7. The molecule has 3 rings (SSSR count). The van der Waals surface area contributed by atoms with Crippen molar-refractivity contribution in [2.24, 2.45) is 0 Å². The number of amides is 1. The molecule has 1 aliphatic heterocycles. The highest BCUT2D eigenvalue weighted by atomic mass is 127. The molecule has 1 aliphatic rings. The maximum absolute atomic E-state index is 13.2. The van der Waals surface area contributed by atoms with Gasteiger partial charge in [0.1, 0.15) is 26.3 Å². The molecule has 25 heavy (non-hydrogen) atoms. The molecule has 0 bridgehead atoms. The van der Waals surface area contributed by atoms with Crippen LogP contribution in [0.1, 0.15) is 27.0 Å². The first kappa shape index (κ1) is 18.0. The second kappa shape index (κ2) is 7.20. The molecule has 2 aromatic rings. The van der Waals surface area contributed by atoms with Crippen molar-refractivity contribution < 1.29 is 18.8 Å². The van der Waals surface area contributed by atoms with Gasteiger partial charge in [0.25, 0.3) is 5.91 Å². The molecule has 0 aromatic heterocycles. The van der Waals surface area contributed by atoms with Crippen molar-refractivity contribution in [2.45, 2.75) is 20.0 Å². The van der Waals surface area contributed by atoms with Crippen LogP contribution in [-0.2, 0) is 13.1 Å². The van der Waals surface area contributed by atoms with Crippen molar-refractivity contribution in [3.8, 4) is 17.2 Å². The molecule has 0 saturated heterocycles. The largest absolute Gasteiger partial charge is 0.507 e. The summed E-state index contributed by atoms with van der Waals surface area (Å²) in [5.74, 6) is 0.405. The molecular formula is C17H17IN2O4S. The van der Waals surface area contributed by atoms with E-state index in [9.17, 15) is 9.90 Å². The van der Waals surface area contributed by atoms with Gasteiger partial charge in [-0.2, -0.15) is 0 Å². The fourth-order valence-electron chi connectivity index (χ4n) is 2.99. The highest BCUT2D eigenvalue weighted by molar-refractivity contribution is 14.2. The van der Waals surface area contributed by atoms with E-state index >= 15 is 0 Å². The van der Waals surface area contributed by atoms with Gasteiger partial charge in [-0.15, -0.1) is 0 Å². The van der Waals surface area contributed by atoms with Crippen LogP contribution in [0, 0.1) is 6.92 Å². The fraction of sp³-hybridized carbons (Fsp3) is 0.235. The van der Waals surface area contributed by atoms with Gasteiger partial charge >= 0.3 is 0 Å². The van der Waals surface area contributed by atoms with Gasteiger partial charge in [-0.1, -0.05) is 6.07 Å². The lowest BCUT2D eigenvalue weighted by atomic mass is 10.1. The number of phenols is 1. The second-order valence-electron chi connectivity index (χ2n) is 5.76. The number of nitrogens with zero attached hydrogens (tertiary/aromatic N) is 1. The van der Waals surface area contributed by atoms with Crippen molar-refractivity contribution in [3.05, 3.63) is 46.5 Å². The van der Waals surface area contributed by atoms with Crippen molar-refractivity contribution in [2.75, 3.05) is 12.8 Å². The molecule has 0 fully saturated rings. The Balaban J connectivity index is 2.01. The maximum Gasteiger partial charge on any atom is 0.262 e. The average Bonchev–Trinajstić information content (AvgIpc) is 3.00. The Bertz CT molecular complexity index is 844. The monoisotopic (exact) mass is 472 g/mol. The van der Waals surface area contributed by atoms with Crippen LogP contribution in [0.25, 0.3) is 0 Å². The summed E-state index contributed by atoms with van der Waals surface area (Å²) >= 11 is 1.96. The Morgan fingerprint density at radius 1 is 1.32 bits per heavy atom. The van der Waals surface area contributed by atoms with Gasteiger partial charge in [0.15, 0.2) is 5.75 Å². The van der Waals surface area contributed by atoms with E-state index < -0.39 is 0 Å². The molecule has 6 nitrogen and oxygen atoms in total. The van der Waals surface area contributed by atoms with Crippen LogP contribution >= 0.6 is 30.4 Å². The van der Waals surface area contributed by atoms with E-state index in [1.807, 2.05) is 39.4 Å². The first-order valence-electron chi connectivity index (χ1n) is 7.48. The molecule has 0 radical (unpaired) electrons. The minimum absolute atomic E-state index is 0.0198. The maximum atomic E-state index is 13.2. The van der Waals surface area contributed by atoms with Crippen molar-refractivity contribution in [1.29, 1.82) is 0 Å². The smallest absolute Gasteiger partial charge is 0.262 e. The zero-order chi connectivity index (χ0) is 18.1. The molecule has 8 heteroatoms. The summed E-state index contributed by atoms with van der Waals surface area (Å²) in [7, 11) is 2.54. The van der Waals surface area contributed by atoms with Gasteiger partial charge in [0.2, 0.25) is 0 Å². The van der Waals surface area contributed by atoms with Crippen LogP contribution in [0.4, 0.5) is 5.69 Å². The number of hydrogen-bond acceptors (Lipinski definition) is 6. The predicted molar refractivity (Wildman–Crippen MR) is 106 cm³/mol. The SMILES string of the molecule is COc1c(C)c(O)cc(OSI)c1C(=O)N1Cc2ccc(N)cc2C1. The first-order chi connectivity index (χ1) is 12.0. The van der Waals surface area contributed by atoms with Crippen LogP contribution in [0.3, 0.4) is 0 Å². The van der Waals surface area contributed by atoms with Gasteiger partial charge in [-0.05, 0) is 30.2 Å². The molecule has 0 saturated carbocycles. The molecule has 0 aliphatic carbocycles. The summed E-state index contributed by atoms with van der Waals surface area (Å²) in [5, 5.41) is 10.1. The molecule has 3 N–H and O–H groups in total. The second-order valence-corrected chi connectivity index (χ2v) is 7.13. The average molecular weight is 472 g/mol. The minimum Gasteiger partial charge on any atom is -0.507 e. The van der Waals surface area contributed by atoms with Crippen LogP contribution < -0.4 is 14.7 Å². The summed E-state index contributed by atoms with van der Waals surface area (Å²) in [6.45, 7) is 2.67. The topological polar surface area (TPSA) is 85.0 Å². The molecule has 2 aromatic carbocycles. The number of hydrogen-bond donors (Lipinski definition) is 2. The Labute approximate surface area is 162 Å². The summed E-state index contributed by atoms with van der Waals surface area (Å²) in [4.78, 5) is 14.9. The lowest BCUT2D eigenvalue weighted by molar-refractivity contribution is 0.0746. The van der Waals surface area contributed by atoms with Crippen LogP contribution in [0.5, 0.6) is 17.2 Å². The number of phenolic OH excluding ortho intramolecular Hbond substituents is 1. The Kier molecular flexibility index (Phi) is 5.19. The number of carbonyl (C=O) groups excluding carboxylic acids is 1. The number of rotatable bonds is 4. The summed E-state index contributed by atoms with van der Waals surface area (Å²) in [6.07, 6.45) is 0. The predicted octanol–water partition coefficient (Wildman–Crippen LogP) is 3.82. The molecule has 0 spiro atoms. The third-order valence-electron chi connectivity index (χ3n) is 4.25. The van der Waals surface area contributed by atoms with Crippen molar-refractivity contribution in [3.63, 3.8) is 0 Å². The Hall–Kier alpha value is -1.81. The number of benzene rings is 2. The van der Waals surface area contributed by atoms with Gasteiger partial charge in [-0.3, -0.25) is 4.79 Å². The third-order valence-corrected chi connectivity index (χ3v) is 5.03. The van der Waals surface area contributed by atoms with Crippen LogP contribution in [0.2, 0.25) is 0 Å². The van der Waals surface area contributed by atoms with Gasteiger partial charge < -0.3 is 24.7 Å². The zero-order valence-corrected chi connectivity index (χ0v) is 16.7.